The summed E-state index contributed by atoms with van der Waals surface area (Å²) in [5, 5.41) is 15.8. The summed E-state index contributed by atoms with van der Waals surface area (Å²) in [6.45, 7) is 4.51. The lowest BCUT2D eigenvalue weighted by atomic mass is 10.0. The number of rotatable bonds is 16. The van der Waals surface area contributed by atoms with E-state index in [4.69, 9.17) is 9.47 Å². The predicted octanol–water partition coefficient (Wildman–Crippen LogP) is 3.28. The molecular weight excluding hydrogens is 789 g/mol. The summed E-state index contributed by atoms with van der Waals surface area (Å²) in [7, 11) is -1.85. The molecule has 0 aromatic heterocycles. The van der Waals surface area contributed by atoms with Gasteiger partial charge in [-0.1, -0.05) is 44.2 Å². The topological polar surface area (TPSA) is 239 Å². The number of amides is 5. The first kappa shape index (κ1) is 43.9. The van der Waals surface area contributed by atoms with Crippen molar-refractivity contribution in [3.63, 3.8) is 0 Å². The van der Waals surface area contributed by atoms with E-state index in [-0.39, 0.29) is 61.1 Å². The molecule has 5 rings (SSSR count). The summed E-state index contributed by atoms with van der Waals surface area (Å²) >= 11 is 0. The van der Waals surface area contributed by atoms with Crippen molar-refractivity contribution in [2.75, 3.05) is 35.9 Å². The molecule has 0 aliphatic carbocycles. The van der Waals surface area contributed by atoms with E-state index in [2.05, 4.69) is 20.1 Å². The van der Waals surface area contributed by atoms with Crippen LogP contribution in [-0.2, 0) is 51.9 Å². The summed E-state index contributed by atoms with van der Waals surface area (Å²) in [6.07, 6.45) is 0.237. The Labute approximate surface area is 341 Å². The average Bonchev–Trinajstić information content (AvgIpc) is 3.52. The van der Waals surface area contributed by atoms with Gasteiger partial charge in [0.2, 0.25) is 17.7 Å². The maximum atomic E-state index is 13.9. The molecule has 2 heterocycles. The summed E-state index contributed by atoms with van der Waals surface area (Å²) in [6, 6.07) is 13.8. The number of nitrogens with one attached hydrogen (secondary N) is 4. The Bertz CT molecular complexity index is 2200. The number of para-hydroxylation sites is 1. The van der Waals surface area contributed by atoms with E-state index in [1.54, 1.807) is 43.0 Å². The lowest BCUT2D eigenvalue weighted by Gasteiger charge is -2.26. The number of nitrogens with zero attached hydrogens (tertiary/aromatic N) is 2. The number of esters is 1. The molecule has 0 fully saturated rings. The third kappa shape index (κ3) is 10.8. The maximum absolute atomic E-state index is 13.9. The molecule has 0 saturated carbocycles. The maximum Gasteiger partial charge on any atom is 0.414 e. The second kappa shape index (κ2) is 19.0. The van der Waals surface area contributed by atoms with Gasteiger partial charge in [-0.3, -0.25) is 28.9 Å². The van der Waals surface area contributed by atoms with Crippen LogP contribution in [0.3, 0.4) is 0 Å². The van der Waals surface area contributed by atoms with E-state index in [0.717, 1.165) is 11.3 Å². The fourth-order valence-electron chi connectivity index (χ4n) is 6.68. The quantitative estimate of drug-likeness (QED) is 0.103. The zero-order chi connectivity index (χ0) is 43.0. The molecule has 19 heteroatoms. The normalized spacial score (nSPS) is 15.5. The van der Waals surface area contributed by atoms with Gasteiger partial charge in [0.15, 0.2) is 11.5 Å². The number of aromatic hydroxyl groups is 1. The highest BCUT2D eigenvalue weighted by atomic mass is 32.2. The van der Waals surface area contributed by atoms with Crippen molar-refractivity contribution in [1.82, 2.24) is 14.8 Å². The second-order valence-corrected chi connectivity index (χ2v) is 15.9. The fourth-order valence-corrected chi connectivity index (χ4v) is 7.86. The minimum absolute atomic E-state index is 0.0767. The first-order chi connectivity index (χ1) is 28.0. The molecule has 18 nitrogen and oxygen atoms in total. The summed E-state index contributed by atoms with van der Waals surface area (Å²) in [4.78, 5) is 80.1. The number of methoxy groups -OCH3 is 2. The first-order valence-corrected chi connectivity index (χ1v) is 20.4. The van der Waals surface area contributed by atoms with Gasteiger partial charge in [-0.2, -0.15) is 13.1 Å². The number of fused-ring (bicyclic) bond motifs is 4. The number of carbonyl (C=O) groups is 6. The SMILES string of the molecule is COC(=O)CCCCC(=O)NS(=O)(=O)NC(C(=O)N[C@@H](C)C(=O)Nc1ccc(COC(=O)N2C[C@@H]3Cc4ccccc4N3C(=O)c3cc(OC)c(O)cc32)cc1)C(C)C. The molecular formula is C40H48N6O12S. The van der Waals surface area contributed by atoms with Gasteiger partial charge in [-0.15, -0.1) is 0 Å². The molecule has 2 aliphatic rings. The Morgan fingerprint density at radius 1 is 0.915 bits per heavy atom. The lowest BCUT2D eigenvalue weighted by molar-refractivity contribution is -0.140. The molecule has 0 bridgehead atoms. The van der Waals surface area contributed by atoms with Crippen LogP contribution in [0.4, 0.5) is 21.9 Å². The highest BCUT2D eigenvalue weighted by molar-refractivity contribution is 7.88. The van der Waals surface area contributed by atoms with Crippen LogP contribution in [0.1, 0.15) is 67.9 Å². The van der Waals surface area contributed by atoms with Gasteiger partial charge in [0, 0.05) is 30.3 Å². The van der Waals surface area contributed by atoms with Crippen molar-refractivity contribution in [1.29, 1.82) is 0 Å². The Balaban J connectivity index is 1.15. The molecule has 0 saturated heterocycles. The van der Waals surface area contributed by atoms with Gasteiger partial charge in [0.05, 0.1) is 38.1 Å². The van der Waals surface area contributed by atoms with E-state index in [1.165, 1.54) is 38.2 Å². The molecule has 0 radical (unpaired) electrons. The van der Waals surface area contributed by atoms with Crippen LogP contribution in [0.2, 0.25) is 0 Å². The van der Waals surface area contributed by atoms with Crippen molar-refractivity contribution in [2.24, 2.45) is 5.92 Å². The standard InChI is InChI=1S/C40H48N6O12S/c1-23(2)36(44-59(54,55)43-34(48)12-8-9-13-35(49)57-5)38(51)41-24(3)37(50)42-27-16-14-25(15-17-27)22-58-40(53)45-21-28-18-26-10-6-7-11-30(26)46(28)39(52)29-19-33(56-4)32(47)20-31(29)45/h6-7,10-11,14-17,19-20,23-24,28,36,44,47H,8-9,12-13,18,21-22H2,1-5H3,(H,41,51)(H,42,50)(H,43,48)/t24-,28-,36?/m0/s1. The number of phenolic OH excluding ortho intramolecular Hbond substituents is 1. The molecule has 316 valence electrons. The van der Waals surface area contributed by atoms with E-state index in [9.17, 15) is 42.3 Å². The van der Waals surface area contributed by atoms with Gasteiger partial charge in [0.25, 0.3) is 5.91 Å². The predicted molar refractivity (Wildman–Crippen MR) is 215 cm³/mol. The van der Waals surface area contributed by atoms with Crippen molar-refractivity contribution in [3.05, 3.63) is 77.4 Å². The second-order valence-electron chi connectivity index (χ2n) is 14.4. The van der Waals surface area contributed by atoms with Crippen LogP contribution in [0.5, 0.6) is 11.5 Å². The average molecular weight is 837 g/mol. The number of unbranched alkanes of at least 4 members (excludes halogenated alkanes) is 1. The third-order valence-electron chi connectivity index (χ3n) is 9.80. The third-order valence-corrected chi connectivity index (χ3v) is 10.9. The van der Waals surface area contributed by atoms with Crippen LogP contribution in [0, 0.1) is 5.92 Å². The molecule has 2 aliphatic heterocycles. The highest BCUT2D eigenvalue weighted by Crippen LogP contribution is 2.42. The van der Waals surface area contributed by atoms with Crippen LogP contribution < -0.4 is 34.6 Å². The van der Waals surface area contributed by atoms with Gasteiger partial charge in [-0.05, 0) is 67.5 Å². The molecule has 5 amide bonds. The smallest absolute Gasteiger partial charge is 0.414 e. The first-order valence-electron chi connectivity index (χ1n) is 18.9. The number of hydrogen-bond donors (Lipinski definition) is 5. The number of ether oxygens (including phenoxy) is 3. The van der Waals surface area contributed by atoms with Crippen molar-refractivity contribution in [2.45, 2.75) is 77.6 Å². The Morgan fingerprint density at radius 3 is 2.29 bits per heavy atom. The van der Waals surface area contributed by atoms with E-state index in [1.807, 2.05) is 29.0 Å². The van der Waals surface area contributed by atoms with Crippen LogP contribution >= 0.6 is 0 Å². The Kier molecular flexibility index (Phi) is 14.2. The minimum Gasteiger partial charge on any atom is -0.504 e. The number of anilines is 3. The number of phenols is 1. The Morgan fingerprint density at radius 2 is 1.61 bits per heavy atom. The van der Waals surface area contributed by atoms with Gasteiger partial charge in [0.1, 0.15) is 18.7 Å². The number of benzene rings is 3. The molecule has 3 aromatic rings. The lowest BCUT2D eigenvalue weighted by Crippen LogP contribution is -2.56. The number of carbonyl (C=O) groups excluding carboxylic acids is 6. The van der Waals surface area contributed by atoms with Gasteiger partial charge in [-0.25, -0.2) is 9.52 Å². The van der Waals surface area contributed by atoms with Crippen LogP contribution in [0.15, 0.2) is 60.7 Å². The van der Waals surface area contributed by atoms with Gasteiger partial charge >= 0.3 is 22.3 Å². The minimum atomic E-state index is -4.46. The molecule has 3 atom stereocenters. The molecule has 1 unspecified atom stereocenters. The fraction of sp³-hybridized carbons (Fsp3) is 0.400. The van der Waals surface area contributed by atoms with Crippen molar-refractivity contribution in [3.8, 4) is 11.5 Å². The molecule has 3 aromatic carbocycles. The van der Waals surface area contributed by atoms with Crippen LogP contribution in [0.25, 0.3) is 0 Å². The van der Waals surface area contributed by atoms with E-state index in [0.29, 0.717) is 24.1 Å². The van der Waals surface area contributed by atoms with Crippen LogP contribution in [-0.4, -0.2) is 88.1 Å². The molecule has 59 heavy (non-hydrogen) atoms. The number of hydrogen-bond acceptors (Lipinski definition) is 12. The summed E-state index contributed by atoms with van der Waals surface area (Å²) in [5.74, 6) is -3.77. The summed E-state index contributed by atoms with van der Waals surface area (Å²) < 4.78 is 44.8. The molecule has 5 N–H and O–H groups in total. The highest BCUT2D eigenvalue weighted by Gasteiger charge is 2.42. The summed E-state index contributed by atoms with van der Waals surface area (Å²) in [5.41, 5.74) is 2.96. The largest absolute Gasteiger partial charge is 0.504 e. The Hall–Kier alpha value is -6.21. The van der Waals surface area contributed by atoms with Gasteiger partial charge < -0.3 is 34.9 Å². The van der Waals surface area contributed by atoms with Crippen molar-refractivity contribution >= 4 is 63.0 Å². The molecule has 0 spiro atoms. The zero-order valence-corrected chi connectivity index (χ0v) is 34.1. The van der Waals surface area contributed by atoms with Crippen molar-refractivity contribution < 1.29 is 56.5 Å². The van der Waals surface area contributed by atoms with E-state index < -0.39 is 64.0 Å². The monoisotopic (exact) mass is 836 g/mol. The zero-order valence-electron chi connectivity index (χ0n) is 33.3. The van der Waals surface area contributed by atoms with E-state index >= 15 is 0 Å².